The summed E-state index contributed by atoms with van der Waals surface area (Å²) in [6.45, 7) is 6.66. The summed E-state index contributed by atoms with van der Waals surface area (Å²) in [7, 11) is 0. The Hall–Kier alpha value is -0.860. The van der Waals surface area contributed by atoms with E-state index < -0.39 is 0 Å². The van der Waals surface area contributed by atoms with Crippen LogP contribution in [0.2, 0.25) is 0 Å². The van der Waals surface area contributed by atoms with Crippen molar-refractivity contribution >= 4 is 11.8 Å². The lowest BCUT2D eigenvalue weighted by Crippen LogP contribution is -2.54. The molecule has 4 rings (SSSR count). The lowest BCUT2D eigenvalue weighted by molar-refractivity contribution is -0.161. The van der Waals surface area contributed by atoms with Crippen molar-refractivity contribution in [3.63, 3.8) is 0 Å². The summed E-state index contributed by atoms with van der Waals surface area (Å²) in [4.78, 5) is 24.2. The van der Waals surface area contributed by atoms with Crippen molar-refractivity contribution in [2.45, 2.75) is 91.1 Å². The number of esters is 1. The van der Waals surface area contributed by atoms with Gasteiger partial charge in [-0.15, -0.1) is 0 Å². The molecule has 4 saturated carbocycles. The minimum atomic E-state index is -0.0415. The van der Waals surface area contributed by atoms with E-state index in [0.29, 0.717) is 29.5 Å². The molecule has 1 unspecified atom stereocenters. The molecular weight excluding hydrogens is 312 g/mol. The number of ketones is 1. The zero-order chi connectivity index (χ0) is 17.8. The second-order valence-electron chi connectivity index (χ2n) is 9.81. The van der Waals surface area contributed by atoms with Gasteiger partial charge in [-0.05, 0) is 80.5 Å². The zero-order valence-corrected chi connectivity index (χ0v) is 16.2. The fourth-order valence-corrected chi connectivity index (χ4v) is 7.37. The second kappa shape index (κ2) is 6.09. The molecule has 0 aromatic rings. The van der Waals surface area contributed by atoms with Gasteiger partial charge >= 0.3 is 5.97 Å². The Morgan fingerprint density at radius 3 is 2.64 bits per heavy atom. The molecule has 0 aromatic heterocycles. The third kappa shape index (κ3) is 2.59. The molecule has 0 amide bonds. The Morgan fingerprint density at radius 2 is 1.88 bits per heavy atom. The molecule has 3 heteroatoms. The van der Waals surface area contributed by atoms with Crippen LogP contribution in [-0.4, -0.2) is 17.9 Å². The Morgan fingerprint density at radius 1 is 1.08 bits per heavy atom. The Balaban J connectivity index is 1.51. The maximum Gasteiger partial charge on any atom is 0.305 e. The van der Waals surface area contributed by atoms with Crippen molar-refractivity contribution in [2.24, 2.45) is 34.5 Å². The van der Waals surface area contributed by atoms with Crippen LogP contribution in [-0.2, 0) is 14.3 Å². The van der Waals surface area contributed by atoms with Crippen LogP contribution in [0.5, 0.6) is 0 Å². The maximum absolute atomic E-state index is 12.5. The van der Waals surface area contributed by atoms with Gasteiger partial charge in [0.15, 0.2) is 0 Å². The molecule has 0 spiro atoms. The summed E-state index contributed by atoms with van der Waals surface area (Å²) in [6, 6.07) is 0. The molecule has 0 saturated heterocycles. The van der Waals surface area contributed by atoms with Crippen LogP contribution in [0.15, 0.2) is 0 Å². The standard InChI is InChI=1S/C22H34O3/c1-4-20(24)25-15-9-11-21(2)14(13-15)5-6-16-17-7-8-19(23)22(17,3)12-10-18(16)21/h14-18H,4-13H2,1-3H3/t14?,15-,16-,17-,18-,21-,22-/m0/s1. The lowest BCUT2D eigenvalue weighted by atomic mass is 9.45. The zero-order valence-electron chi connectivity index (χ0n) is 16.2. The third-order valence-electron chi connectivity index (χ3n) is 8.91. The Labute approximate surface area is 152 Å². The first-order chi connectivity index (χ1) is 11.9. The van der Waals surface area contributed by atoms with E-state index in [4.69, 9.17) is 4.74 Å². The summed E-state index contributed by atoms with van der Waals surface area (Å²) >= 11 is 0. The van der Waals surface area contributed by atoms with E-state index in [0.717, 1.165) is 43.9 Å². The van der Waals surface area contributed by atoms with Gasteiger partial charge in [0.05, 0.1) is 0 Å². The molecule has 140 valence electrons. The van der Waals surface area contributed by atoms with Crippen LogP contribution in [0.4, 0.5) is 0 Å². The minimum absolute atomic E-state index is 0.0157. The SMILES string of the molecule is CCC(=O)O[C@H]1CC[C@@]2(C)C(CC[C@@H]3[C@@H]2CC[C@]2(C)C(=O)CC[C@@H]32)C1. The number of Topliss-reactive ketones (excluding diaryl/α,β-unsaturated/α-hetero) is 1. The average molecular weight is 347 g/mol. The predicted octanol–water partition coefficient (Wildman–Crippen LogP) is 4.92. The molecule has 0 aromatic carbocycles. The Kier molecular flexibility index (Phi) is 4.28. The van der Waals surface area contributed by atoms with Crippen molar-refractivity contribution in [3.05, 3.63) is 0 Å². The van der Waals surface area contributed by atoms with Gasteiger partial charge in [0, 0.05) is 18.3 Å². The van der Waals surface area contributed by atoms with Crippen molar-refractivity contribution in [1.29, 1.82) is 0 Å². The summed E-state index contributed by atoms with van der Waals surface area (Å²) in [5.41, 5.74) is 0.378. The summed E-state index contributed by atoms with van der Waals surface area (Å²) in [5.74, 6) is 3.35. The van der Waals surface area contributed by atoms with Crippen molar-refractivity contribution in [1.82, 2.24) is 0 Å². The van der Waals surface area contributed by atoms with Gasteiger partial charge in [-0.25, -0.2) is 0 Å². The second-order valence-corrected chi connectivity index (χ2v) is 9.81. The molecule has 7 atom stereocenters. The van der Waals surface area contributed by atoms with Gasteiger partial charge in [-0.1, -0.05) is 20.8 Å². The van der Waals surface area contributed by atoms with Crippen LogP contribution in [0.3, 0.4) is 0 Å². The number of hydrogen-bond acceptors (Lipinski definition) is 3. The van der Waals surface area contributed by atoms with Crippen molar-refractivity contribution in [2.75, 3.05) is 0 Å². The predicted molar refractivity (Wildman–Crippen MR) is 96.9 cm³/mol. The van der Waals surface area contributed by atoms with E-state index in [-0.39, 0.29) is 17.5 Å². The highest BCUT2D eigenvalue weighted by atomic mass is 16.5. The van der Waals surface area contributed by atoms with E-state index in [1.54, 1.807) is 0 Å². The van der Waals surface area contributed by atoms with Crippen LogP contribution >= 0.6 is 0 Å². The maximum atomic E-state index is 12.5. The van der Waals surface area contributed by atoms with E-state index in [1.807, 2.05) is 6.92 Å². The van der Waals surface area contributed by atoms with Crippen LogP contribution < -0.4 is 0 Å². The van der Waals surface area contributed by atoms with E-state index in [1.165, 1.54) is 25.7 Å². The normalized spacial score (nSPS) is 49.1. The van der Waals surface area contributed by atoms with Crippen LogP contribution in [0.25, 0.3) is 0 Å². The molecule has 4 aliphatic carbocycles. The van der Waals surface area contributed by atoms with Gasteiger partial charge in [0.2, 0.25) is 0 Å². The number of carbonyl (C=O) groups is 2. The van der Waals surface area contributed by atoms with Crippen LogP contribution in [0.1, 0.15) is 85.0 Å². The van der Waals surface area contributed by atoms with Gasteiger partial charge in [-0.3, -0.25) is 9.59 Å². The smallest absolute Gasteiger partial charge is 0.305 e. The van der Waals surface area contributed by atoms with E-state index in [9.17, 15) is 9.59 Å². The van der Waals surface area contributed by atoms with E-state index in [2.05, 4.69) is 13.8 Å². The summed E-state index contributed by atoms with van der Waals surface area (Å²) < 4.78 is 5.69. The molecule has 0 bridgehead atoms. The number of ether oxygens (including phenoxy) is 1. The first kappa shape index (κ1) is 17.5. The van der Waals surface area contributed by atoms with Crippen LogP contribution in [0, 0.1) is 34.5 Å². The van der Waals surface area contributed by atoms with Gasteiger partial charge in [0.25, 0.3) is 0 Å². The molecule has 3 nitrogen and oxygen atoms in total. The fraction of sp³-hybridized carbons (Fsp3) is 0.909. The van der Waals surface area contributed by atoms with Crippen molar-refractivity contribution < 1.29 is 14.3 Å². The third-order valence-corrected chi connectivity index (χ3v) is 8.91. The number of fused-ring (bicyclic) bond motifs is 5. The highest BCUT2D eigenvalue weighted by Crippen LogP contribution is 2.65. The molecule has 0 radical (unpaired) electrons. The largest absolute Gasteiger partial charge is 0.462 e. The molecule has 4 aliphatic rings. The minimum Gasteiger partial charge on any atom is -0.462 e. The highest BCUT2D eigenvalue weighted by Gasteiger charge is 2.60. The van der Waals surface area contributed by atoms with Gasteiger partial charge < -0.3 is 4.74 Å². The quantitative estimate of drug-likeness (QED) is 0.667. The fourth-order valence-electron chi connectivity index (χ4n) is 7.37. The summed E-state index contributed by atoms with van der Waals surface area (Å²) in [6.07, 6.45) is 10.7. The first-order valence-electron chi connectivity index (χ1n) is 10.6. The van der Waals surface area contributed by atoms with E-state index >= 15 is 0 Å². The number of carbonyl (C=O) groups excluding carboxylic acids is 2. The highest BCUT2D eigenvalue weighted by molar-refractivity contribution is 5.87. The van der Waals surface area contributed by atoms with Gasteiger partial charge in [-0.2, -0.15) is 0 Å². The first-order valence-corrected chi connectivity index (χ1v) is 10.6. The number of hydrogen-bond donors (Lipinski definition) is 0. The Bertz CT molecular complexity index is 570. The summed E-state index contributed by atoms with van der Waals surface area (Å²) in [5, 5.41) is 0. The molecule has 4 fully saturated rings. The van der Waals surface area contributed by atoms with Gasteiger partial charge in [0.1, 0.15) is 11.9 Å². The molecular formula is C22H34O3. The molecule has 25 heavy (non-hydrogen) atoms. The topological polar surface area (TPSA) is 43.4 Å². The molecule has 0 aliphatic heterocycles. The monoisotopic (exact) mass is 346 g/mol. The molecule has 0 N–H and O–H groups in total. The lowest BCUT2D eigenvalue weighted by Gasteiger charge is -2.60. The number of rotatable bonds is 2. The van der Waals surface area contributed by atoms with Crippen molar-refractivity contribution in [3.8, 4) is 0 Å². The average Bonchev–Trinajstić information content (AvgIpc) is 2.90. The molecule has 0 heterocycles.